The summed E-state index contributed by atoms with van der Waals surface area (Å²) in [7, 11) is 0. The molecule has 1 aromatic carbocycles. The van der Waals surface area contributed by atoms with E-state index in [4.69, 9.17) is 10.2 Å². The molecule has 17 heavy (non-hydrogen) atoms. The first-order chi connectivity index (χ1) is 8.13. The topological polar surface area (TPSA) is 86.6 Å². The Bertz CT molecular complexity index is 382. The molecule has 5 nitrogen and oxygen atoms in total. The predicted octanol–water partition coefficient (Wildman–Crippen LogP) is -1.00. The molecule has 0 fully saturated rings. The van der Waals surface area contributed by atoms with Gasteiger partial charge in [0, 0.05) is 0 Å². The number of rotatable bonds is 6. The van der Waals surface area contributed by atoms with Crippen LogP contribution in [0.1, 0.15) is 0 Å². The number of aliphatic carboxylic acids is 1. The molecule has 0 aliphatic heterocycles. The van der Waals surface area contributed by atoms with Gasteiger partial charge in [-0.25, -0.2) is 0 Å². The Balaban J connectivity index is 2.37. The molecule has 0 aliphatic carbocycles. The monoisotopic (exact) mass is 303 g/mol. The molecule has 0 bridgehead atoms. The van der Waals surface area contributed by atoms with Crippen molar-refractivity contribution in [1.29, 1.82) is 0 Å². The summed E-state index contributed by atoms with van der Waals surface area (Å²) in [5.74, 6) is -1.58. The number of aliphatic hydroxyl groups is 1. The molecule has 1 amide bonds. The van der Waals surface area contributed by atoms with Crippen LogP contribution in [0.15, 0.2) is 30.3 Å². The van der Waals surface area contributed by atoms with Gasteiger partial charge in [0.1, 0.15) is 0 Å². The number of benzene rings is 1. The van der Waals surface area contributed by atoms with Gasteiger partial charge in [0.15, 0.2) is 0 Å². The number of carboxylic acid groups (broad SMARTS) is 1. The van der Waals surface area contributed by atoms with Crippen molar-refractivity contribution in [3.63, 3.8) is 0 Å². The van der Waals surface area contributed by atoms with E-state index in [2.05, 4.69) is 5.32 Å². The third-order valence-corrected chi connectivity index (χ3v) is 4.05. The second-order valence-corrected chi connectivity index (χ2v) is 5.44. The Hall–Kier alpha value is -1.36. The molecule has 0 aliphatic rings. The molecule has 3 N–H and O–H groups in total. The van der Waals surface area contributed by atoms with E-state index >= 15 is 0 Å². The van der Waals surface area contributed by atoms with Gasteiger partial charge in [0.05, 0.1) is 0 Å². The molecule has 92 valence electrons. The molecule has 1 atom stereocenters. The number of aliphatic hydroxyl groups excluding tert-OH is 1. The Labute approximate surface area is 105 Å². The molecule has 1 aromatic rings. The fourth-order valence-electron chi connectivity index (χ4n) is 1.09. The number of carboxylic acids is 1. The van der Waals surface area contributed by atoms with Crippen molar-refractivity contribution in [2.24, 2.45) is 0 Å². The number of hydrogen-bond donors (Lipinski definition) is 3. The summed E-state index contributed by atoms with van der Waals surface area (Å²) >= 11 is -0.0240. The minimum absolute atomic E-state index is 0.0240. The van der Waals surface area contributed by atoms with E-state index in [1.807, 2.05) is 30.3 Å². The van der Waals surface area contributed by atoms with Crippen LogP contribution in [0.5, 0.6) is 0 Å². The second-order valence-electron chi connectivity index (χ2n) is 3.24. The first-order valence-corrected chi connectivity index (χ1v) is 7.01. The van der Waals surface area contributed by atoms with Gasteiger partial charge in [0.25, 0.3) is 0 Å². The first-order valence-electron chi connectivity index (χ1n) is 4.94. The summed E-state index contributed by atoms with van der Waals surface area (Å²) in [6, 6.07) is 8.31. The van der Waals surface area contributed by atoms with E-state index in [1.165, 1.54) is 0 Å². The quantitative estimate of drug-likeness (QED) is 0.588. The van der Waals surface area contributed by atoms with Crippen molar-refractivity contribution in [3.05, 3.63) is 30.3 Å². The predicted molar refractivity (Wildman–Crippen MR) is 63.3 cm³/mol. The third-order valence-electron chi connectivity index (χ3n) is 1.93. The normalized spacial score (nSPS) is 11.8. The fraction of sp³-hybridized carbons (Fsp3) is 0.273. The SMILES string of the molecule is O=C(C[Se]c1ccccc1)NC(CO)C(=O)O. The van der Waals surface area contributed by atoms with E-state index in [1.54, 1.807) is 0 Å². The van der Waals surface area contributed by atoms with Crippen molar-refractivity contribution in [2.75, 3.05) is 6.61 Å². The maximum absolute atomic E-state index is 11.4. The van der Waals surface area contributed by atoms with Gasteiger partial charge >= 0.3 is 105 Å². The van der Waals surface area contributed by atoms with Gasteiger partial charge in [-0.1, -0.05) is 0 Å². The molecular formula is C11H13NO4Se. The number of carbonyl (C=O) groups excluding carboxylic acids is 1. The van der Waals surface area contributed by atoms with Crippen LogP contribution in [0.4, 0.5) is 0 Å². The molecule has 0 saturated carbocycles. The summed E-state index contributed by atoms with van der Waals surface area (Å²) in [5.41, 5.74) is 0. The minimum atomic E-state index is -1.23. The van der Waals surface area contributed by atoms with Crippen molar-refractivity contribution >= 4 is 31.3 Å². The summed E-state index contributed by atoms with van der Waals surface area (Å²) in [5, 5.41) is 19.9. The maximum atomic E-state index is 11.4. The zero-order valence-electron chi connectivity index (χ0n) is 9.00. The number of amides is 1. The number of carbonyl (C=O) groups is 2. The average Bonchev–Trinajstić information content (AvgIpc) is 2.34. The van der Waals surface area contributed by atoms with Gasteiger partial charge in [-0.3, -0.25) is 0 Å². The molecule has 1 unspecified atom stereocenters. The first kappa shape index (κ1) is 13.7. The summed E-state index contributed by atoms with van der Waals surface area (Å²) in [6.07, 6.45) is 0. The molecular weight excluding hydrogens is 289 g/mol. The van der Waals surface area contributed by atoms with Crippen LogP contribution in [0.25, 0.3) is 0 Å². The Morgan fingerprint density at radius 1 is 1.29 bits per heavy atom. The molecule has 1 rings (SSSR count). The van der Waals surface area contributed by atoms with Crippen LogP contribution in [0.3, 0.4) is 0 Å². The van der Waals surface area contributed by atoms with E-state index < -0.39 is 18.6 Å². The number of hydrogen-bond acceptors (Lipinski definition) is 3. The van der Waals surface area contributed by atoms with E-state index in [0.717, 1.165) is 4.46 Å². The van der Waals surface area contributed by atoms with Crippen LogP contribution < -0.4 is 9.78 Å². The Kier molecular flexibility index (Phi) is 5.69. The van der Waals surface area contributed by atoms with Crippen LogP contribution >= 0.6 is 0 Å². The molecule has 0 heterocycles. The fourth-order valence-corrected chi connectivity index (χ4v) is 2.62. The zero-order valence-corrected chi connectivity index (χ0v) is 10.7. The Morgan fingerprint density at radius 2 is 1.94 bits per heavy atom. The van der Waals surface area contributed by atoms with E-state index in [9.17, 15) is 9.59 Å². The average molecular weight is 302 g/mol. The second kappa shape index (κ2) is 7.06. The van der Waals surface area contributed by atoms with Crippen LogP contribution in [-0.4, -0.2) is 49.7 Å². The summed E-state index contributed by atoms with van der Waals surface area (Å²) in [6.45, 7) is -0.598. The van der Waals surface area contributed by atoms with Crippen molar-refractivity contribution in [3.8, 4) is 0 Å². The van der Waals surface area contributed by atoms with Crippen molar-refractivity contribution in [1.82, 2.24) is 5.32 Å². The van der Waals surface area contributed by atoms with Gasteiger partial charge in [-0.15, -0.1) is 0 Å². The summed E-state index contributed by atoms with van der Waals surface area (Å²) < 4.78 is 1.08. The molecule has 0 radical (unpaired) electrons. The number of nitrogens with one attached hydrogen (secondary N) is 1. The zero-order chi connectivity index (χ0) is 12.7. The molecule has 0 aromatic heterocycles. The van der Waals surface area contributed by atoms with Gasteiger partial charge in [-0.05, 0) is 0 Å². The molecule has 0 saturated heterocycles. The standard InChI is InChI=1S/C11H13NO4Se/c13-6-9(11(15)16)12-10(14)7-17-8-4-2-1-3-5-8/h1-5,9,13H,6-7H2,(H,12,14)(H,15,16). The van der Waals surface area contributed by atoms with Crippen molar-refractivity contribution < 1.29 is 19.8 Å². The molecule has 6 heteroatoms. The van der Waals surface area contributed by atoms with E-state index in [0.29, 0.717) is 0 Å². The van der Waals surface area contributed by atoms with E-state index in [-0.39, 0.29) is 26.2 Å². The van der Waals surface area contributed by atoms with Crippen LogP contribution in [0, 0.1) is 0 Å². The van der Waals surface area contributed by atoms with Crippen molar-refractivity contribution in [2.45, 2.75) is 11.4 Å². The Morgan fingerprint density at radius 3 is 2.47 bits per heavy atom. The molecule has 0 spiro atoms. The van der Waals surface area contributed by atoms with Gasteiger partial charge in [-0.2, -0.15) is 0 Å². The summed E-state index contributed by atoms with van der Waals surface area (Å²) in [4.78, 5) is 22.0. The third kappa shape index (κ3) is 4.99. The van der Waals surface area contributed by atoms with Gasteiger partial charge < -0.3 is 0 Å². The van der Waals surface area contributed by atoms with Crippen LogP contribution in [-0.2, 0) is 9.59 Å². The van der Waals surface area contributed by atoms with Gasteiger partial charge in [0.2, 0.25) is 0 Å². The van der Waals surface area contributed by atoms with Crippen LogP contribution in [0.2, 0.25) is 5.32 Å².